The van der Waals surface area contributed by atoms with Gasteiger partial charge in [-0.2, -0.15) is 0 Å². The standard InChI is InChI=1S/C12H20N2.2ClH/c1-5-9-10(6-2)12(14)8(4)7(3)11(9)13;;/h5-6,13-14H2,1-4H3;2*1H. The molecule has 1 rings (SSSR count). The molecule has 0 spiro atoms. The van der Waals surface area contributed by atoms with Crippen LogP contribution in [-0.4, -0.2) is 0 Å². The number of nitrogen functional groups attached to an aromatic ring is 2. The maximum atomic E-state index is 6.08. The Balaban J connectivity index is 0. The number of hydrogen-bond acceptors (Lipinski definition) is 2. The molecule has 0 bridgehead atoms. The predicted octanol–water partition coefficient (Wildman–Crippen LogP) is 3.44. The van der Waals surface area contributed by atoms with Gasteiger partial charge in [0, 0.05) is 11.4 Å². The van der Waals surface area contributed by atoms with Gasteiger partial charge in [-0.15, -0.1) is 24.8 Å². The van der Waals surface area contributed by atoms with Gasteiger partial charge in [-0.1, -0.05) is 13.8 Å². The van der Waals surface area contributed by atoms with Crippen molar-refractivity contribution in [2.75, 3.05) is 11.5 Å². The number of anilines is 2. The molecule has 1 aromatic rings. The van der Waals surface area contributed by atoms with E-state index in [1.54, 1.807) is 0 Å². The molecule has 94 valence electrons. The van der Waals surface area contributed by atoms with Crippen LogP contribution in [0.25, 0.3) is 0 Å². The quantitative estimate of drug-likeness (QED) is 0.805. The molecule has 0 amide bonds. The first-order valence-corrected chi connectivity index (χ1v) is 5.20. The van der Waals surface area contributed by atoms with E-state index in [2.05, 4.69) is 13.8 Å². The van der Waals surface area contributed by atoms with Gasteiger partial charge < -0.3 is 11.5 Å². The smallest absolute Gasteiger partial charge is 0.0383 e. The lowest BCUT2D eigenvalue weighted by atomic mass is 9.92. The van der Waals surface area contributed by atoms with Crippen molar-refractivity contribution in [2.24, 2.45) is 0 Å². The molecule has 4 N–H and O–H groups in total. The van der Waals surface area contributed by atoms with Crippen LogP contribution < -0.4 is 11.5 Å². The Morgan fingerprint density at radius 1 is 0.750 bits per heavy atom. The molecule has 0 radical (unpaired) electrons. The zero-order valence-electron chi connectivity index (χ0n) is 10.4. The van der Waals surface area contributed by atoms with Crippen molar-refractivity contribution in [3.05, 3.63) is 22.3 Å². The second-order valence-corrected chi connectivity index (χ2v) is 3.74. The van der Waals surface area contributed by atoms with E-state index >= 15 is 0 Å². The molecule has 0 aliphatic carbocycles. The number of halogens is 2. The fourth-order valence-electron chi connectivity index (χ4n) is 1.99. The largest absolute Gasteiger partial charge is 0.398 e. The molecule has 1 aromatic carbocycles. The van der Waals surface area contributed by atoms with E-state index in [1.165, 1.54) is 11.1 Å². The summed E-state index contributed by atoms with van der Waals surface area (Å²) in [6.45, 7) is 8.33. The summed E-state index contributed by atoms with van der Waals surface area (Å²) in [5, 5.41) is 0. The van der Waals surface area contributed by atoms with Crippen molar-refractivity contribution in [3.8, 4) is 0 Å². The molecule has 0 aliphatic heterocycles. The molecule has 0 atom stereocenters. The average molecular weight is 265 g/mol. The summed E-state index contributed by atoms with van der Waals surface area (Å²) in [6, 6.07) is 0. The van der Waals surface area contributed by atoms with Crippen LogP contribution in [0.2, 0.25) is 0 Å². The van der Waals surface area contributed by atoms with E-state index in [-0.39, 0.29) is 24.8 Å². The molecule has 0 saturated heterocycles. The second kappa shape index (κ2) is 6.87. The summed E-state index contributed by atoms with van der Waals surface area (Å²) >= 11 is 0. The third-order valence-corrected chi connectivity index (χ3v) is 3.09. The Kier molecular flexibility index (Phi) is 7.64. The van der Waals surface area contributed by atoms with Crippen molar-refractivity contribution in [3.63, 3.8) is 0 Å². The monoisotopic (exact) mass is 264 g/mol. The Labute approximate surface area is 111 Å². The van der Waals surface area contributed by atoms with Crippen molar-refractivity contribution >= 4 is 36.2 Å². The van der Waals surface area contributed by atoms with E-state index in [1.807, 2.05) is 13.8 Å². The summed E-state index contributed by atoms with van der Waals surface area (Å²) in [5.41, 5.74) is 18.8. The van der Waals surface area contributed by atoms with E-state index < -0.39 is 0 Å². The molecular formula is C12H22Cl2N2. The number of nitrogens with two attached hydrogens (primary N) is 2. The summed E-state index contributed by atoms with van der Waals surface area (Å²) in [6.07, 6.45) is 1.92. The minimum absolute atomic E-state index is 0. The van der Waals surface area contributed by atoms with Crippen LogP contribution in [0.3, 0.4) is 0 Å². The van der Waals surface area contributed by atoms with Gasteiger partial charge in [-0.05, 0) is 48.9 Å². The fraction of sp³-hybridized carbons (Fsp3) is 0.500. The minimum atomic E-state index is 0. The van der Waals surface area contributed by atoms with Gasteiger partial charge in [0.15, 0.2) is 0 Å². The highest BCUT2D eigenvalue weighted by Gasteiger charge is 2.13. The molecule has 0 aliphatic rings. The molecule has 0 aromatic heterocycles. The van der Waals surface area contributed by atoms with Gasteiger partial charge in [0.1, 0.15) is 0 Å². The van der Waals surface area contributed by atoms with Crippen LogP contribution in [0.4, 0.5) is 11.4 Å². The molecule has 16 heavy (non-hydrogen) atoms. The molecule has 4 heteroatoms. The summed E-state index contributed by atoms with van der Waals surface area (Å²) in [4.78, 5) is 0. The van der Waals surface area contributed by atoms with Crippen LogP contribution >= 0.6 is 24.8 Å². The van der Waals surface area contributed by atoms with Gasteiger partial charge in [0.25, 0.3) is 0 Å². The highest BCUT2D eigenvalue weighted by molar-refractivity contribution is 5.85. The first kappa shape index (κ1) is 17.8. The average Bonchev–Trinajstić information content (AvgIpc) is 2.20. The van der Waals surface area contributed by atoms with Gasteiger partial charge in [-0.25, -0.2) is 0 Å². The highest BCUT2D eigenvalue weighted by atomic mass is 35.5. The van der Waals surface area contributed by atoms with E-state index in [9.17, 15) is 0 Å². The Hall–Kier alpha value is -0.600. The topological polar surface area (TPSA) is 52.0 Å². The Morgan fingerprint density at radius 3 is 1.19 bits per heavy atom. The van der Waals surface area contributed by atoms with Gasteiger partial charge in [0.05, 0.1) is 0 Å². The normalized spacial score (nSPS) is 9.25. The van der Waals surface area contributed by atoms with Crippen LogP contribution in [0, 0.1) is 13.8 Å². The number of hydrogen-bond donors (Lipinski definition) is 2. The molecular weight excluding hydrogens is 243 g/mol. The maximum Gasteiger partial charge on any atom is 0.0383 e. The highest BCUT2D eigenvalue weighted by Crippen LogP contribution is 2.31. The zero-order valence-corrected chi connectivity index (χ0v) is 12.0. The zero-order chi connectivity index (χ0) is 10.9. The summed E-state index contributed by atoms with van der Waals surface area (Å²) in [7, 11) is 0. The lowest BCUT2D eigenvalue weighted by Crippen LogP contribution is -2.08. The fourth-order valence-corrected chi connectivity index (χ4v) is 1.99. The van der Waals surface area contributed by atoms with Crippen molar-refractivity contribution in [1.82, 2.24) is 0 Å². The first-order valence-electron chi connectivity index (χ1n) is 5.20. The van der Waals surface area contributed by atoms with Crippen molar-refractivity contribution in [1.29, 1.82) is 0 Å². The van der Waals surface area contributed by atoms with Crippen LogP contribution in [0.5, 0.6) is 0 Å². The number of benzene rings is 1. The van der Waals surface area contributed by atoms with Crippen LogP contribution in [-0.2, 0) is 12.8 Å². The molecule has 0 heterocycles. The lowest BCUT2D eigenvalue weighted by molar-refractivity contribution is 1.03. The molecule has 0 fully saturated rings. The van der Waals surface area contributed by atoms with Gasteiger partial charge in [0.2, 0.25) is 0 Å². The molecule has 2 nitrogen and oxygen atoms in total. The van der Waals surface area contributed by atoms with E-state index in [0.29, 0.717) is 0 Å². The third-order valence-electron chi connectivity index (χ3n) is 3.09. The lowest BCUT2D eigenvalue weighted by Gasteiger charge is -2.18. The maximum absolute atomic E-state index is 6.08. The number of rotatable bonds is 2. The Bertz CT molecular complexity index is 328. The minimum Gasteiger partial charge on any atom is -0.398 e. The van der Waals surface area contributed by atoms with Gasteiger partial charge in [-0.3, -0.25) is 0 Å². The first-order chi connectivity index (χ1) is 6.54. The van der Waals surface area contributed by atoms with E-state index in [0.717, 1.165) is 35.3 Å². The van der Waals surface area contributed by atoms with E-state index in [4.69, 9.17) is 11.5 Å². The van der Waals surface area contributed by atoms with Crippen molar-refractivity contribution in [2.45, 2.75) is 40.5 Å². The Morgan fingerprint density at radius 2 is 1.00 bits per heavy atom. The predicted molar refractivity (Wildman–Crippen MR) is 78.0 cm³/mol. The van der Waals surface area contributed by atoms with Gasteiger partial charge >= 0.3 is 0 Å². The summed E-state index contributed by atoms with van der Waals surface area (Å²) in [5.74, 6) is 0. The van der Waals surface area contributed by atoms with Crippen LogP contribution in [0.15, 0.2) is 0 Å². The summed E-state index contributed by atoms with van der Waals surface area (Å²) < 4.78 is 0. The molecule has 0 saturated carbocycles. The van der Waals surface area contributed by atoms with Crippen LogP contribution in [0.1, 0.15) is 36.1 Å². The van der Waals surface area contributed by atoms with Crippen molar-refractivity contribution < 1.29 is 0 Å². The second-order valence-electron chi connectivity index (χ2n) is 3.74. The SMILES string of the molecule is CCc1c(N)c(C)c(C)c(N)c1CC.Cl.Cl. The molecule has 0 unspecified atom stereocenters. The third kappa shape index (κ3) is 2.74.